The summed E-state index contributed by atoms with van der Waals surface area (Å²) in [6.45, 7) is 0. The van der Waals surface area contributed by atoms with Gasteiger partial charge in [0.2, 0.25) is 5.91 Å². The summed E-state index contributed by atoms with van der Waals surface area (Å²) in [5, 5.41) is 15.8. The Labute approximate surface area is 119 Å². The Morgan fingerprint density at radius 2 is 2.21 bits per heavy atom. The van der Waals surface area contributed by atoms with Crippen LogP contribution in [0.3, 0.4) is 0 Å². The molecule has 0 spiro atoms. The smallest absolute Gasteiger partial charge is 0.224 e. The number of benzene rings is 1. The summed E-state index contributed by atoms with van der Waals surface area (Å²) in [5.74, 6) is -0.0190. The van der Waals surface area contributed by atoms with Gasteiger partial charge in [-0.2, -0.15) is 0 Å². The quantitative estimate of drug-likeness (QED) is 0.892. The lowest BCUT2D eigenvalue weighted by molar-refractivity contribution is -0.116. The molecular formula is C14H12ClNO2S. The summed E-state index contributed by atoms with van der Waals surface area (Å²) < 4.78 is 0. The molecule has 2 aromatic rings. The highest BCUT2D eigenvalue weighted by atomic mass is 35.5. The molecule has 5 heteroatoms. The van der Waals surface area contributed by atoms with Crippen molar-refractivity contribution in [2.24, 2.45) is 0 Å². The number of thiophene rings is 1. The van der Waals surface area contributed by atoms with Gasteiger partial charge in [0.1, 0.15) is 6.10 Å². The van der Waals surface area contributed by atoms with E-state index in [2.05, 4.69) is 5.32 Å². The van der Waals surface area contributed by atoms with Crippen LogP contribution in [0.25, 0.3) is 0 Å². The lowest BCUT2D eigenvalue weighted by atomic mass is 9.96. The monoisotopic (exact) mass is 293 g/mol. The maximum atomic E-state index is 11.5. The number of aliphatic hydroxyl groups excluding tert-OH is 1. The standard InChI is InChI=1S/C14H12ClNO2S/c15-9-6-8-3-4-12(17)16-13(8)10(7-9)14(18)11-2-1-5-19-11/h1-2,5-7,14,18H,3-4H2,(H,16,17). The van der Waals surface area contributed by atoms with Crippen molar-refractivity contribution in [3.63, 3.8) is 0 Å². The lowest BCUT2D eigenvalue weighted by Gasteiger charge is -2.23. The van der Waals surface area contributed by atoms with E-state index in [1.54, 1.807) is 6.07 Å². The van der Waals surface area contributed by atoms with Crippen molar-refractivity contribution >= 4 is 34.5 Å². The van der Waals surface area contributed by atoms with Gasteiger partial charge in [-0.3, -0.25) is 4.79 Å². The van der Waals surface area contributed by atoms with Gasteiger partial charge in [0, 0.05) is 21.9 Å². The van der Waals surface area contributed by atoms with Crippen molar-refractivity contribution in [1.29, 1.82) is 0 Å². The van der Waals surface area contributed by atoms with Gasteiger partial charge in [0.15, 0.2) is 0 Å². The first-order valence-corrected chi connectivity index (χ1v) is 7.24. The summed E-state index contributed by atoms with van der Waals surface area (Å²) in [5.41, 5.74) is 2.36. The van der Waals surface area contributed by atoms with Gasteiger partial charge < -0.3 is 10.4 Å². The van der Waals surface area contributed by atoms with Crippen LogP contribution in [0.1, 0.15) is 28.5 Å². The Morgan fingerprint density at radius 3 is 2.95 bits per heavy atom. The Kier molecular flexibility index (Phi) is 3.31. The van der Waals surface area contributed by atoms with Crippen molar-refractivity contribution < 1.29 is 9.90 Å². The molecule has 0 radical (unpaired) electrons. The van der Waals surface area contributed by atoms with Crippen LogP contribution in [-0.4, -0.2) is 11.0 Å². The average molecular weight is 294 g/mol. The van der Waals surface area contributed by atoms with E-state index in [9.17, 15) is 9.90 Å². The second kappa shape index (κ2) is 4.96. The predicted molar refractivity (Wildman–Crippen MR) is 76.8 cm³/mol. The van der Waals surface area contributed by atoms with Crippen molar-refractivity contribution in [3.05, 3.63) is 50.7 Å². The van der Waals surface area contributed by atoms with Gasteiger partial charge >= 0.3 is 0 Å². The van der Waals surface area contributed by atoms with E-state index in [-0.39, 0.29) is 5.91 Å². The Bertz CT molecular complexity index is 625. The van der Waals surface area contributed by atoms with Crippen LogP contribution in [0.2, 0.25) is 5.02 Å². The second-order valence-corrected chi connectivity index (χ2v) is 5.91. The largest absolute Gasteiger partial charge is 0.383 e. The maximum Gasteiger partial charge on any atom is 0.224 e. The van der Waals surface area contributed by atoms with E-state index in [1.165, 1.54) is 11.3 Å². The molecule has 1 aromatic carbocycles. The summed E-state index contributed by atoms with van der Waals surface area (Å²) in [7, 11) is 0. The molecule has 1 unspecified atom stereocenters. The van der Waals surface area contributed by atoms with Crippen molar-refractivity contribution in [2.45, 2.75) is 18.9 Å². The minimum absolute atomic E-state index is 0.0190. The summed E-state index contributed by atoms with van der Waals surface area (Å²) in [4.78, 5) is 12.4. The third-order valence-electron chi connectivity index (χ3n) is 3.21. The number of hydrogen-bond acceptors (Lipinski definition) is 3. The number of carbonyl (C=O) groups excluding carboxylic acids is 1. The van der Waals surface area contributed by atoms with Crippen molar-refractivity contribution in [1.82, 2.24) is 0 Å². The third kappa shape index (κ3) is 2.39. The van der Waals surface area contributed by atoms with E-state index < -0.39 is 6.10 Å². The van der Waals surface area contributed by atoms with Crippen LogP contribution in [0, 0.1) is 0 Å². The number of fused-ring (bicyclic) bond motifs is 1. The average Bonchev–Trinajstić information content (AvgIpc) is 2.91. The maximum absolute atomic E-state index is 11.5. The highest BCUT2D eigenvalue weighted by Crippen LogP contribution is 2.37. The van der Waals surface area contributed by atoms with E-state index >= 15 is 0 Å². The van der Waals surface area contributed by atoms with E-state index in [0.29, 0.717) is 29.1 Å². The Hall–Kier alpha value is -1.36. The molecule has 2 heterocycles. The summed E-state index contributed by atoms with van der Waals surface area (Å²) in [6, 6.07) is 7.32. The Balaban J connectivity index is 2.10. The Morgan fingerprint density at radius 1 is 1.37 bits per heavy atom. The number of amides is 1. The molecule has 98 valence electrons. The summed E-state index contributed by atoms with van der Waals surface area (Å²) >= 11 is 7.58. The van der Waals surface area contributed by atoms with Gasteiger partial charge in [-0.1, -0.05) is 17.7 Å². The molecule has 0 bridgehead atoms. The van der Waals surface area contributed by atoms with E-state index in [4.69, 9.17) is 11.6 Å². The number of aryl methyl sites for hydroxylation is 1. The zero-order valence-electron chi connectivity index (χ0n) is 10.0. The highest BCUT2D eigenvalue weighted by Gasteiger charge is 2.23. The zero-order valence-corrected chi connectivity index (χ0v) is 11.6. The minimum atomic E-state index is -0.758. The molecule has 0 fully saturated rings. The zero-order chi connectivity index (χ0) is 13.4. The molecule has 19 heavy (non-hydrogen) atoms. The fourth-order valence-electron chi connectivity index (χ4n) is 2.30. The van der Waals surface area contributed by atoms with Gasteiger partial charge in [-0.05, 0) is 35.6 Å². The number of rotatable bonds is 2. The SMILES string of the molecule is O=C1CCc2cc(Cl)cc(C(O)c3cccs3)c2N1. The highest BCUT2D eigenvalue weighted by molar-refractivity contribution is 7.10. The van der Waals surface area contributed by atoms with Crippen LogP contribution >= 0.6 is 22.9 Å². The fraction of sp³-hybridized carbons (Fsp3) is 0.214. The van der Waals surface area contributed by atoms with E-state index in [1.807, 2.05) is 23.6 Å². The molecule has 1 aromatic heterocycles. The van der Waals surface area contributed by atoms with Crippen molar-refractivity contribution in [3.8, 4) is 0 Å². The molecule has 2 N–H and O–H groups in total. The molecule has 1 aliphatic heterocycles. The van der Waals surface area contributed by atoms with Crippen LogP contribution in [-0.2, 0) is 11.2 Å². The van der Waals surface area contributed by atoms with Crippen LogP contribution in [0.15, 0.2) is 29.6 Å². The molecule has 0 saturated heterocycles. The number of hydrogen-bond donors (Lipinski definition) is 2. The van der Waals surface area contributed by atoms with Crippen LogP contribution in [0.5, 0.6) is 0 Å². The first-order chi connectivity index (χ1) is 9.15. The van der Waals surface area contributed by atoms with Crippen molar-refractivity contribution in [2.75, 3.05) is 5.32 Å². The first-order valence-electron chi connectivity index (χ1n) is 5.99. The topological polar surface area (TPSA) is 49.3 Å². The molecule has 0 saturated carbocycles. The molecule has 1 atom stereocenters. The van der Waals surface area contributed by atoms with Gasteiger partial charge in [-0.25, -0.2) is 0 Å². The molecule has 3 rings (SSSR count). The number of halogens is 1. The number of anilines is 1. The first kappa shape index (κ1) is 12.7. The predicted octanol–water partition coefficient (Wildman–Crippen LogP) is 3.37. The molecular weight excluding hydrogens is 282 g/mol. The van der Waals surface area contributed by atoms with Gasteiger partial charge in [0.25, 0.3) is 0 Å². The fourth-order valence-corrected chi connectivity index (χ4v) is 3.28. The minimum Gasteiger partial charge on any atom is -0.383 e. The molecule has 3 nitrogen and oxygen atoms in total. The number of nitrogens with one attached hydrogen (secondary N) is 1. The van der Waals surface area contributed by atoms with Gasteiger partial charge in [0.05, 0.1) is 5.69 Å². The molecule has 1 amide bonds. The lowest BCUT2D eigenvalue weighted by Crippen LogP contribution is -2.21. The summed E-state index contributed by atoms with van der Waals surface area (Å²) in [6.07, 6.45) is 0.360. The van der Waals surface area contributed by atoms with Crippen LogP contribution < -0.4 is 5.32 Å². The number of aliphatic hydroxyl groups is 1. The molecule has 1 aliphatic rings. The van der Waals surface area contributed by atoms with Crippen LogP contribution in [0.4, 0.5) is 5.69 Å². The third-order valence-corrected chi connectivity index (χ3v) is 4.35. The second-order valence-electron chi connectivity index (χ2n) is 4.50. The van der Waals surface area contributed by atoms with Gasteiger partial charge in [-0.15, -0.1) is 11.3 Å². The number of carbonyl (C=O) groups is 1. The molecule has 0 aliphatic carbocycles. The van der Waals surface area contributed by atoms with E-state index in [0.717, 1.165) is 10.4 Å². The normalized spacial score (nSPS) is 15.8.